The van der Waals surface area contributed by atoms with Crippen molar-refractivity contribution in [1.82, 2.24) is 5.32 Å². The van der Waals surface area contributed by atoms with Crippen molar-refractivity contribution in [3.8, 4) is 23.0 Å². The molecule has 1 unspecified atom stereocenters. The molecular formula is C20H19NO7. The number of phenolic OH excluding ortho intramolecular Hbond substituents is 1. The SMILES string of the molecule is COc1cc(C2NC(=O)C(=O)C2=C(O)c2ccc(OC)c(OC)c2)ccc1O. The second-order valence-corrected chi connectivity index (χ2v) is 6.00. The Morgan fingerprint density at radius 3 is 2.25 bits per heavy atom. The summed E-state index contributed by atoms with van der Waals surface area (Å²) in [6.07, 6.45) is 0. The maximum Gasteiger partial charge on any atom is 0.293 e. The van der Waals surface area contributed by atoms with Crippen LogP contribution in [0.15, 0.2) is 42.0 Å². The molecule has 1 aliphatic rings. The second-order valence-electron chi connectivity index (χ2n) is 6.00. The zero-order valence-electron chi connectivity index (χ0n) is 15.5. The molecule has 0 aliphatic carbocycles. The Kier molecular flexibility index (Phi) is 5.12. The Balaban J connectivity index is 2.13. The number of aromatic hydroxyl groups is 1. The highest BCUT2D eigenvalue weighted by molar-refractivity contribution is 6.46. The molecule has 1 saturated heterocycles. The number of rotatable bonds is 5. The predicted octanol–water partition coefficient (Wildman–Crippen LogP) is 2.13. The fourth-order valence-corrected chi connectivity index (χ4v) is 3.03. The Hall–Kier alpha value is -3.68. The number of hydrogen-bond acceptors (Lipinski definition) is 7. The molecule has 3 N–H and O–H groups in total. The van der Waals surface area contributed by atoms with E-state index in [0.29, 0.717) is 17.1 Å². The first-order chi connectivity index (χ1) is 13.4. The molecule has 8 nitrogen and oxygen atoms in total. The van der Waals surface area contributed by atoms with E-state index in [1.54, 1.807) is 12.1 Å². The topological polar surface area (TPSA) is 114 Å². The first-order valence-electron chi connectivity index (χ1n) is 8.28. The molecule has 2 aromatic rings. The summed E-state index contributed by atoms with van der Waals surface area (Å²) in [6.45, 7) is 0. The molecule has 0 spiro atoms. The number of Topliss-reactive ketones (excluding diaryl/α,β-unsaturated/α-hetero) is 1. The lowest BCUT2D eigenvalue weighted by molar-refractivity contribution is -0.133. The molecule has 2 aromatic carbocycles. The Morgan fingerprint density at radius 2 is 1.61 bits per heavy atom. The predicted molar refractivity (Wildman–Crippen MR) is 99.6 cm³/mol. The molecule has 28 heavy (non-hydrogen) atoms. The monoisotopic (exact) mass is 385 g/mol. The van der Waals surface area contributed by atoms with E-state index in [2.05, 4.69) is 5.32 Å². The van der Waals surface area contributed by atoms with Crippen LogP contribution in [0.2, 0.25) is 0 Å². The van der Waals surface area contributed by atoms with Crippen molar-refractivity contribution in [2.24, 2.45) is 0 Å². The molecule has 1 amide bonds. The van der Waals surface area contributed by atoms with E-state index < -0.39 is 17.7 Å². The summed E-state index contributed by atoms with van der Waals surface area (Å²) >= 11 is 0. The van der Waals surface area contributed by atoms with Crippen LogP contribution in [0.4, 0.5) is 0 Å². The maximum absolute atomic E-state index is 12.4. The quantitative estimate of drug-likeness (QED) is 0.410. The van der Waals surface area contributed by atoms with Gasteiger partial charge >= 0.3 is 0 Å². The lowest BCUT2D eigenvalue weighted by Crippen LogP contribution is -2.21. The van der Waals surface area contributed by atoms with Gasteiger partial charge < -0.3 is 29.7 Å². The number of phenols is 1. The van der Waals surface area contributed by atoms with Gasteiger partial charge in [0.1, 0.15) is 5.76 Å². The third-order valence-corrected chi connectivity index (χ3v) is 4.46. The van der Waals surface area contributed by atoms with Crippen LogP contribution in [0.1, 0.15) is 17.2 Å². The number of amides is 1. The summed E-state index contributed by atoms with van der Waals surface area (Å²) in [7, 11) is 4.31. The summed E-state index contributed by atoms with van der Waals surface area (Å²) in [5.41, 5.74) is 0.647. The fraction of sp³-hybridized carbons (Fsp3) is 0.200. The van der Waals surface area contributed by atoms with Crippen molar-refractivity contribution >= 4 is 17.4 Å². The summed E-state index contributed by atoms with van der Waals surface area (Å²) < 4.78 is 15.5. The van der Waals surface area contributed by atoms with Crippen LogP contribution in [0, 0.1) is 0 Å². The van der Waals surface area contributed by atoms with Gasteiger partial charge in [0, 0.05) is 5.56 Å². The molecular weight excluding hydrogens is 366 g/mol. The highest BCUT2D eigenvalue weighted by Gasteiger charge is 2.40. The largest absolute Gasteiger partial charge is 0.507 e. The zero-order valence-corrected chi connectivity index (χ0v) is 15.5. The number of carbonyl (C=O) groups is 2. The van der Waals surface area contributed by atoms with Gasteiger partial charge in [0.05, 0.1) is 32.9 Å². The summed E-state index contributed by atoms with van der Waals surface area (Å²) in [5, 5.41) is 23.1. The molecule has 1 aliphatic heterocycles. The maximum atomic E-state index is 12.4. The van der Waals surface area contributed by atoms with Gasteiger partial charge in [0.15, 0.2) is 23.0 Å². The third-order valence-electron chi connectivity index (χ3n) is 4.46. The van der Waals surface area contributed by atoms with E-state index in [1.807, 2.05) is 0 Å². The van der Waals surface area contributed by atoms with E-state index in [4.69, 9.17) is 14.2 Å². The molecule has 146 valence electrons. The van der Waals surface area contributed by atoms with E-state index in [-0.39, 0.29) is 28.4 Å². The van der Waals surface area contributed by atoms with Gasteiger partial charge in [-0.2, -0.15) is 0 Å². The lowest BCUT2D eigenvalue weighted by Gasteiger charge is -2.16. The average molecular weight is 385 g/mol. The average Bonchev–Trinajstić information content (AvgIpc) is 3.01. The Morgan fingerprint density at radius 1 is 0.929 bits per heavy atom. The van der Waals surface area contributed by atoms with Crippen molar-refractivity contribution in [1.29, 1.82) is 0 Å². The van der Waals surface area contributed by atoms with Crippen LogP contribution >= 0.6 is 0 Å². The van der Waals surface area contributed by atoms with Gasteiger partial charge in [0.2, 0.25) is 0 Å². The summed E-state index contributed by atoms with van der Waals surface area (Å²) in [4.78, 5) is 24.5. The molecule has 1 fully saturated rings. The van der Waals surface area contributed by atoms with E-state index in [0.717, 1.165) is 0 Å². The number of ether oxygens (including phenoxy) is 3. The molecule has 1 atom stereocenters. The molecule has 3 rings (SSSR count). The van der Waals surface area contributed by atoms with Crippen LogP contribution in [0.3, 0.4) is 0 Å². The molecule has 0 saturated carbocycles. The van der Waals surface area contributed by atoms with Crippen LogP contribution in [-0.2, 0) is 9.59 Å². The van der Waals surface area contributed by atoms with Crippen molar-refractivity contribution in [2.45, 2.75) is 6.04 Å². The zero-order chi connectivity index (χ0) is 20.4. The number of aliphatic hydroxyl groups excluding tert-OH is 1. The molecule has 8 heteroatoms. The van der Waals surface area contributed by atoms with Crippen molar-refractivity contribution in [3.63, 3.8) is 0 Å². The first kappa shape index (κ1) is 19.1. The first-order valence-corrected chi connectivity index (χ1v) is 8.28. The van der Waals surface area contributed by atoms with Crippen LogP contribution in [-0.4, -0.2) is 43.2 Å². The highest BCUT2D eigenvalue weighted by Crippen LogP contribution is 2.38. The number of methoxy groups -OCH3 is 3. The smallest absolute Gasteiger partial charge is 0.293 e. The van der Waals surface area contributed by atoms with Crippen LogP contribution in [0.5, 0.6) is 23.0 Å². The Bertz CT molecular complexity index is 981. The fourth-order valence-electron chi connectivity index (χ4n) is 3.03. The minimum Gasteiger partial charge on any atom is -0.507 e. The second kappa shape index (κ2) is 7.51. The standard InChI is InChI=1S/C20H19NO7/c1-26-13-7-5-11(9-15(13)28-3)18(23)16-17(21-20(25)19(16)24)10-4-6-12(22)14(8-10)27-2/h4-9,17,22-23H,1-3H3,(H,21,25). The molecule has 0 bridgehead atoms. The minimum atomic E-state index is -0.900. The van der Waals surface area contributed by atoms with Crippen molar-refractivity contribution in [3.05, 3.63) is 53.1 Å². The van der Waals surface area contributed by atoms with Crippen molar-refractivity contribution < 1.29 is 34.0 Å². The van der Waals surface area contributed by atoms with Crippen LogP contribution < -0.4 is 19.5 Å². The van der Waals surface area contributed by atoms with Gasteiger partial charge in [-0.1, -0.05) is 6.07 Å². The normalized spacial score (nSPS) is 17.9. The number of nitrogens with one attached hydrogen (secondary N) is 1. The Labute approximate surface area is 161 Å². The van der Waals surface area contributed by atoms with E-state index in [9.17, 15) is 19.8 Å². The van der Waals surface area contributed by atoms with Crippen molar-refractivity contribution in [2.75, 3.05) is 21.3 Å². The number of ketones is 1. The minimum absolute atomic E-state index is 0.0865. The van der Waals surface area contributed by atoms with Gasteiger partial charge in [-0.25, -0.2) is 0 Å². The molecule has 0 radical (unpaired) electrons. The van der Waals surface area contributed by atoms with E-state index >= 15 is 0 Å². The molecule has 1 heterocycles. The van der Waals surface area contributed by atoms with Gasteiger partial charge in [-0.05, 0) is 35.9 Å². The van der Waals surface area contributed by atoms with Gasteiger partial charge in [0.25, 0.3) is 11.7 Å². The lowest BCUT2D eigenvalue weighted by atomic mass is 9.95. The van der Waals surface area contributed by atoms with Crippen LogP contribution in [0.25, 0.3) is 5.76 Å². The van der Waals surface area contributed by atoms with Gasteiger partial charge in [-0.15, -0.1) is 0 Å². The van der Waals surface area contributed by atoms with Gasteiger partial charge in [-0.3, -0.25) is 9.59 Å². The summed E-state index contributed by atoms with van der Waals surface area (Å²) in [6, 6.07) is 8.14. The number of carbonyl (C=O) groups excluding carboxylic acids is 2. The molecule has 0 aromatic heterocycles. The van der Waals surface area contributed by atoms with E-state index in [1.165, 1.54) is 45.6 Å². The third kappa shape index (κ3) is 3.20. The number of hydrogen-bond donors (Lipinski definition) is 3. The highest BCUT2D eigenvalue weighted by atomic mass is 16.5. The number of aliphatic hydroxyl groups is 1. The summed E-state index contributed by atoms with van der Waals surface area (Å²) in [5.74, 6) is -1.13. The number of benzene rings is 2.